The number of halogens is 2. The van der Waals surface area contributed by atoms with Gasteiger partial charge in [-0.15, -0.1) is 11.3 Å². The molecule has 0 spiro atoms. The molecule has 0 radical (unpaired) electrons. The van der Waals surface area contributed by atoms with Gasteiger partial charge in [0.1, 0.15) is 0 Å². The van der Waals surface area contributed by atoms with Gasteiger partial charge >= 0.3 is 5.97 Å². The minimum Gasteiger partial charge on any atom is -0.448 e. The molecule has 0 bridgehead atoms. The van der Waals surface area contributed by atoms with E-state index in [1.165, 1.54) is 11.3 Å². The number of anilines is 1. The first-order valence-electron chi connectivity index (χ1n) is 8.48. The van der Waals surface area contributed by atoms with E-state index < -0.39 is 12.1 Å². The third-order valence-corrected chi connectivity index (χ3v) is 6.48. The van der Waals surface area contributed by atoms with Crippen LogP contribution in [0.15, 0.2) is 53.1 Å². The summed E-state index contributed by atoms with van der Waals surface area (Å²) in [4.78, 5) is 29.9. The molecule has 5 nitrogen and oxygen atoms in total. The maximum absolute atomic E-state index is 12.5. The van der Waals surface area contributed by atoms with Crippen LogP contribution in [0, 0.1) is 0 Å². The monoisotopic (exact) mass is 476 g/mol. The number of esters is 1. The lowest BCUT2D eigenvalue weighted by molar-refractivity contribution is -0.125. The van der Waals surface area contributed by atoms with Crippen LogP contribution in [-0.2, 0) is 22.4 Å². The van der Waals surface area contributed by atoms with Gasteiger partial charge in [-0.3, -0.25) is 10.1 Å². The molecule has 1 aliphatic rings. The van der Waals surface area contributed by atoms with Crippen molar-refractivity contribution < 1.29 is 14.3 Å². The number of fused-ring (bicyclic) bond motifs is 1. The highest BCUT2D eigenvalue weighted by Crippen LogP contribution is 2.27. The molecule has 1 aliphatic heterocycles. The molecule has 1 atom stereocenters. The van der Waals surface area contributed by atoms with E-state index in [2.05, 4.69) is 26.2 Å². The fraction of sp³-hybridized carbons (Fsp3) is 0.150. The molecule has 28 heavy (non-hydrogen) atoms. The summed E-state index contributed by atoms with van der Waals surface area (Å²) in [5.74, 6) is -0.857. The number of ether oxygens (including phenoxy) is 1. The molecule has 1 unspecified atom stereocenters. The van der Waals surface area contributed by atoms with Crippen molar-refractivity contribution in [2.24, 2.45) is 0 Å². The van der Waals surface area contributed by atoms with Crippen molar-refractivity contribution >= 4 is 55.9 Å². The summed E-state index contributed by atoms with van der Waals surface area (Å²) < 4.78 is 6.13. The lowest BCUT2D eigenvalue weighted by atomic mass is 9.98. The van der Waals surface area contributed by atoms with E-state index in [0.29, 0.717) is 28.6 Å². The van der Waals surface area contributed by atoms with Gasteiger partial charge in [0.15, 0.2) is 11.2 Å². The molecule has 0 fully saturated rings. The number of carbonyl (C=O) groups excluding carboxylic acids is 2. The highest BCUT2D eigenvalue weighted by Gasteiger charge is 2.31. The van der Waals surface area contributed by atoms with Crippen LogP contribution in [0.25, 0.3) is 0 Å². The molecule has 142 valence electrons. The number of cyclic esters (lactones) is 1. The third kappa shape index (κ3) is 4.11. The van der Waals surface area contributed by atoms with E-state index in [-0.39, 0.29) is 5.91 Å². The number of thiazole rings is 1. The highest BCUT2D eigenvalue weighted by molar-refractivity contribution is 9.10. The van der Waals surface area contributed by atoms with Crippen LogP contribution in [0.4, 0.5) is 5.13 Å². The standard InChI is InChI=1S/C20H14BrClN2O3S/c21-15-6-5-11(8-16(15)22)7-13-10-23-20(28-13)24-18(25)17-9-12-3-1-2-4-14(12)19(26)27-17/h1-6,8,10,17H,7,9H2,(H,23,24,25). The average molecular weight is 478 g/mol. The second-order valence-corrected chi connectivity index (χ2v) is 8.68. The number of nitrogens with one attached hydrogen (secondary N) is 1. The van der Waals surface area contributed by atoms with Crippen molar-refractivity contribution in [2.45, 2.75) is 18.9 Å². The summed E-state index contributed by atoms with van der Waals surface area (Å²) in [6.45, 7) is 0. The first kappa shape index (κ1) is 19.1. The maximum Gasteiger partial charge on any atom is 0.339 e. The Labute approximate surface area is 178 Å². The van der Waals surface area contributed by atoms with Gasteiger partial charge in [-0.2, -0.15) is 0 Å². The Morgan fingerprint density at radius 3 is 2.96 bits per heavy atom. The fourth-order valence-electron chi connectivity index (χ4n) is 2.96. The second-order valence-electron chi connectivity index (χ2n) is 6.30. The van der Waals surface area contributed by atoms with Crippen molar-refractivity contribution in [1.82, 2.24) is 4.98 Å². The quantitative estimate of drug-likeness (QED) is 0.544. The molecule has 0 aliphatic carbocycles. The number of benzene rings is 2. The molecule has 4 rings (SSSR count). The number of aromatic nitrogens is 1. The normalized spacial score (nSPS) is 15.6. The predicted octanol–water partition coefficient (Wildman–Crippen LogP) is 4.87. The van der Waals surface area contributed by atoms with Crippen LogP contribution in [0.1, 0.15) is 26.4 Å². The summed E-state index contributed by atoms with van der Waals surface area (Å²) in [7, 11) is 0. The molecule has 1 aromatic heterocycles. The second kappa shape index (κ2) is 8.03. The zero-order chi connectivity index (χ0) is 19.7. The molecule has 0 saturated carbocycles. The molecule has 0 saturated heterocycles. The number of rotatable bonds is 4. The van der Waals surface area contributed by atoms with E-state index in [0.717, 1.165) is 20.5 Å². The first-order chi connectivity index (χ1) is 13.5. The maximum atomic E-state index is 12.5. The van der Waals surface area contributed by atoms with Gasteiger partial charge in [0.25, 0.3) is 5.91 Å². The summed E-state index contributed by atoms with van der Waals surface area (Å²) in [5.41, 5.74) is 2.37. The first-order valence-corrected chi connectivity index (χ1v) is 10.5. The van der Waals surface area contributed by atoms with Gasteiger partial charge in [0.2, 0.25) is 0 Å². The van der Waals surface area contributed by atoms with Crippen LogP contribution in [0.3, 0.4) is 0 Å². The van der Waals surface area contributed by atoms with Crippen molar-refractivity contribution in [3.63, 3.8) is 0 Å². The van der Waals surface area contributed by atoms with Gasteiger partial charge in [0, 0.05) is 28.4 Å². The molecule has 2 aromatic carbocycles. The Bertz CT molecular complexity index is 1070. The van der Waals surface area contributed by atoms with Gasteiger partial charge < -0.3 is 4.74 Å². The predicted molar refractivity (Wildman–Crippen MR) is 112 cm³/mol. The summed E-state index contributed by atoms with van der Waals surface area (Å²) >= 11 is 10.9. The number of hydrogen-bond donors (Lipinski definition) is 1. The SMILES string of the molecule is O=C1OC(C(=O)Nc2ncc(Cc3ccc(Br)c(Cl)c3)s2)Cc2ccccc21. The summed E-state index contributed by atoms with van der Waals surface area (Å²) in [6, 6.07) is 12.9. The van der Waals surface area contributed by atoms with Crippen LogP contribution in [-0.4, -0.2) is 23.0 Å². The lowest BCUT2D eigenvalue weighted by Crippen LogP contribution is -2.37. The van der Waals surface area contributed by atoms with Gasteiger partial charge in [-0.1, -0.05) is 35.9 Å². The Balaban J connectivity index is 1.42. The van der Waals surface area contributed by atoms with Crippen LogP contribution >= 0.6 is 38.9 Å². The minimum absolute atomic E-state index is 0.351. The van der Waals surface area contributed by atoms with Crippen LogP contribution in [0.2, 0.25) is 5.02 Å². The van der Waals surface area contributed by atoms with Crippen molar-refractivity contribution in [3.05, 3.63) is 79.7 Å². The van der Waals surface area contributed by atoms with Crippen molar-refractivity contribution in [2.75, 3.05) is 5.32 Å². The van der Waals surface area contributed by atoms with Gasteiger partial charge in [-0.05, 0) is 45.3 Å². The lowest BCUT2D eigenvalue weighted by Gasteiger charge is -2.23. The molecular formula is C20H14BrClN2O3S. The topological polar surface area (TPSA) is 68.3 Å². The molecule has 8 heteroatoms. The average Bonchev–Trinajstić information content (AvgIpc) is 3.11. The van der Waals surface area contributed by atoms with E-state index in [9.17, 15) is 9.59 Å². The largest absolute Gasteiger partial charge is 0.448 e. The summed E-state index contributed by atoms with van der Waals surface area (Å²) in [5, 5.41) is 3.87. The molecule has 1 N–H and O–H groups in total. The highest BCUT2D eigenvalue weighted by atomic mass is 79.9. The number of nitrogens with zero attached hydrogens (tertiary/aromatic N) is 1. The Hall–Kier alpha value is -2.22. The van der Waals surface area contributed by atoms with E-state index in [1.54, 1.807) is 18.3 Å². The third-order valence-electron chi connectivity index (χ3n) is 4.33. The summed E-state index contributed by atoms with van der Waals surface area (Å²) in [6.07, 6.45) is 1.87. The zero-order valence-electron chi connectivity index (χ0n) is 14.4. The van der Waals surface area contributed by atoms with Crippen molar-refractivity contribution in [1.29, 1.82) is 0 Å². The fourth-order valence-corrected chi connectivity index (χ4v) is 4.26. The van der Waals surface area contributed by atoms with Gasteiger partial charge in [-0.25, -0.2) is 9.78 Å². The van der Waals surface area contributed by atoms with E-state index in [1.807, 2.05) is 30.3 Å². The number of carbonyl (C=O) groups is 2. The van der Waals surface area contributed by atoms with E-state index in [4.69, 9.17) is 16.3 Å². The molecule has 2 heterocycles. The van der Waals surface area contributed by atoms with Crippen molar-refractivity contribution in [3.8, 4) is 0 Å². The Morgan fingerprint density at radius 1 is 1.32 bits per heavy atom. The minimum atomic E-state index is -0.861. The molecular weight excluding hydrogens is 464 g/mol. The molecule has 1 amide bonds. The number of hydrogen-bond acceptors (Lipinski definition) is 5. The number of amides is 1. The molecule has 3 aromatic rings. The Morgan fingerprint density at radius 2 is 2.14 bits per heavy atom. The Kier molecular flexibility index (Phi) is 5.48. The van der Waals surface area contributed by atoms with Gasteiger partial charge in [0.05, 0.1) is 10.6 Å². The van der Waals surface area contributed by atoms with Crippen LogP contribution in [0.5, 0.6) is 0 Å². The van der Waals surface area contributed by atoms with E-state index >= 15 is 0 Å². The smallest absolute Gasteiger partial charge is 0.339 e. The van der Waals surface area contributed by atoms with Crippen LogP contribution < -0.4 is 5.32 Å². The zero-order valence-corrected chi connectivity index (χ0v) is 17.6.